The smallest absolute Gasteiger partial charge is 0.312 e. The fourth-order valence-corrected chi connectivity index (χ4v) is 2.46. The molecule has 0 saturated carbocycles. The molecular weight excluding hydrogens is 386 g/mol. The number of hydrogen-bond donors (Lipinski definition) is 2. The van der Waals surface area contributed by atoms with Crippen molar-refractivity contribution in [2.75, 3.05) is 5.32 Å². The molecule has 0 spiro atoms. The van der Waals surface area contributed by atoms with Gasteiger partial charge in [-0.25, -0.2) is 0 Å². The number of aliphatic carboxylic acids is 1. The van der Waals surface area contributed by atoms with Crippen LogP contribution < -0.4 is 5.32 Å². The molecule has 0 bridgehead atoms. The number of benzene rings is 2. The van der Waals surface area contributed by atoms with Crippen LogP contribution in [0, 0.1) is 0 Å². The quantitative estimate of drug-likeness (QED) is 0.595. The number of carbonyl (C=O) groups excluding carboxylic acids is 2. The lowest BCUT2D eigenvalue weighted by atomic mass is 10.0. The third-order valence-corrected chi connectivity index (χ3v) is 3.83. The minimum absolute atomic E-state index is 0.189. The van der Waals surface area contributed by atoms with Gasteiger partial charge in [-0.3, -0.25) is 14.4 Å². The Morgan fingerprint density at radius 1 is 1.04 bits per heavy atom. The predicted octanol–water partition coefficient (Wildman–Crippen LogP) is 3.75. The van der Waals surface area contributed by atoms with Crippen LogP contribution in [0.15, 0.2) is 46.9 Å². The fourth-order valence-electron chi connectivity index (χ4n) is 1.86. The maximum Gasteiger partial charge on any atom is 0.312 e. The van der Waals surface area contributed by atoms with Crippen molar-refractivity contribution in [1.29, 1.82) is 0 Å². The number of carboxylic acid groups (broad SMARTS) is 1. The Morgan fingerprint density at radius 3 is 2.22 bits per heavy atom. The van der Waals surface area contributed by atoms with Gasteiger partial charge in [-0.05, 0) is 58.4 Å². The lowest BCUT2D eigenvalue weighted by Gasteiger charge is -2.08. The van der Waals surface area contributed by atoms with E-state index >= 15 is 0 Å². The van der Waals surface area contributed by atoms with Crippen molar-refractivity contribution in [2.45, 2.75) is 6.42 Å². The molecule has 0 radical (unpaired) electrons. The summed E-state index contributed by atoms with van der Waals surface area (Å²) in [7, 11) is 0. The molecule has 118 valence electrons. The van der Waals surface area contributed by atoms with Gasteiger partial charge < -0.3 is 10.4 Å². The van der Waals surface area contributed by atoms with E-state index < -0.39 is 18.3 Å². The van der Waals surface area contributed by atoms with Gasteiger partial charge >= 0.3 is 5.97 Å². The summed E-state index contributed by atoms with van der Waals surface area (Å²) in [4.78, 5) is 34.3. The molecule has 2 N–H and O–H groups in total. The van der Waals surface area contributed by atoms with Crippen LogP contribution in [0.1, 0.15) is 22.3 Å². The summed E-state index contributed by atoms with van der Waals surface area (Å²) in [6, 6.07) is 11.2. The van der Waals surface area contributed by atoms with Crippen LogP contribution in [-0.4, -0.2) is 22.8 Å². The summed E-state index contributed by atoms with van der Waals surface area (Å²) >= 11 is 9.05. The van der Waals surface area contributed by atoms with E-state index in [-0.39, 0.29) is 5.78 Å². The zero-order valence-corrected chi connectivity index (χ0v) is 14.0. The molecule has 0 aliphatic carbocycles. The summed E-state index contributed by atoms with van der Waals surface area (Å²) in [6.45, 7) is 0. The molecule has 0 aromatic heterocycles. The van der Waals surface area contributed by atoms with Gasteiger partial charge in [0.2, 0.25) is 5.91 Å². The Morgan fingerprint density at radius 2 is 1.65 bits per heavy atom. The van der Waals surface area contributed by atoms with E-state index in [4.69, 9.17) is 16.7 Å². The van der Waals surface area contributed by atoms with Crippen molar-refractivity contribution in [3.8, 4) is 0 Å². The Hall–Kier alpha value is -2.18. The second-order valence-electron chi connectivity index (χ2n) is 4.65. The number of amides is 1. The molecule has 23 heavy (non-hydrogen) atoms. The molecule has 0 aliphatic heterocycles. The standard InChI is InChI=1S/C16H11BrClNO4/c17-12-7-10(16(23)9-1-4-11(18)5-2-9)3-6-13(12)19-14(20)8-15(21)22/h1-7H,8H2,(H,19,20)(H,21,22). The minimum atomic E-state index is -1.21. The molecule has 5 nitrogen and oxygen atoms in total. The number of anilines is 1. The Balaban J connectivity index is 2.18. The first-order chi connectivity index (χ1) is 10.9. The van der Waals surface area contributed by atoms with Crippen LogP contribution in [0.2, 0.25) is 5.02 Å². The lowest BCUT2D eigenvalue weighted by Crippen LogP contribution is -2.16. The van der Waals surface area contributed by atoms with Crippen molar-refractivity contribution in [1.82, 2.24) is 0 Å². The highest BCUT2D eigenvalue weighted by atomic mass is 79.9. The van der Waals surface area contributed by atoms with E-state index in [1.165, 1.54) is 6.07 Å². The molecular formula is C16H11BrClNO4. The molecule has 2 aromatic rings. The van der Waals surface area contributed by atoms with E-state index in [1.54, 1.807) is 36.4 Å². The summed E-state index contributed by atoms with van der Waals surface area (Å²) in [5, 5.41) is 11.6. The Bertz CT molecular complexity index is 774. The Labute approximate surface area is 145 Å². The fraction of sp³-hybridized carbons (Fsp3) is 0.0625. The second-order valence-corrected chi connectivity index (χ2v) is 5.94. The van der Waals surface area contributed by atoms with Gasteiger partial charge in [0.15, 0.2) is 5.78 Å². The highest BCUT2D eigenvalue weighted by Gasteiger charge is 2.13. The van der Waals surface area contributed by atoms with Crippen molar-refractivity contribution in [2.24, 2.45) is 0 Å². The topological polar surface area (TPSA) is 83.5 Å². The molecule has 0 atom stereocenters. The second kappa shape index (κ2) is 7.39. The number of nitrogens with one attached hydrogen (secondary N) is 1. The van der Waals surface area contributed by atoms with Crippen molar-refractivity contribution in [3.05, 3.63) is 63.1 Å². The number of hydrogen-bond acceptors (Lipinski definition) is 3. The molecule has 7 heteroatoms. The largest absolute Gasteiger partial charge is 0.481 e. The molecule has 0 saturated heterocycles. The predicted molar refractivity (Wildman–Crippen MR) is 89.9 cm³/mol. The van der Waals surface area contributed by atoms with Crippen LogP contribution in [-0.2, 0) is 9.59 Å². The van der Waals surface area contributed by atoms with Crippen molar-refractivity contribution in [3.63, 3.8) is 0 Å². The first kappa shape index (κ1) is 17.2. The third-order valence-electron chi connectivity index (χ3n) is 2.92. The zero-order valence-electron chi connectivity index (χ0n) is 11.7. The van der Waals surface area contributed by atoms with Crippen LogP contribution in [0.25, 0.3) is 0 Å². The summed E-state index contributed by atoms with van der Waals surface area (Å²) in [5.41, 5.74) is 1.31. The third kappa shape index (κ3) is 4.64. The van der Waals surface area contributed by atoms with Crippen molar-refractivity contribution >= 4 is 50.9 Å². The number of ketones is 1. The van der Waals surface area contributed by atoms with Gasteiger partial charge in [-0.2, -0.15) is 0 Å². The van der Waals surface area contributed by atoms with Crippen LogP contribution in [0.4, 0.5) is 5.69 Å². The minimum Gasteiger partial charge on any atom is -0.481 e. The highest BCUT2D eigenvalue weighted by Crippen LogP contribution is 2.25. The SMILES string of the molecule is O=C(O)CC(=O)Nc1ccc(C(=O)c2ccc(Cl)cc2)cc1Br. The first-order valence-corrected chi connectivity index (χ1v) is 7.65. The number of carboxylic acids is 1. The average Bonchev–Trinajstić information content (AvgIpc) is 2.48. The zero-order chi connectivity index (χ0) is 17.0. The lowest BCUT2D eigenvalue weighted by molar-refractivity contribution is -0.139. The molecule has 0 heterocycles. The van der Waals surface area contributed by atoms with Gasteiger partial charge in [0.1, 0.15) is 6.42 Å². The normalized spacial score (nSPS) is 10.2. The molecule has 0 unspecified atom stereocenters. The van der Waals surface area contributed by atoms with Crippen LogP contribution in [0.3, 0.4) is 0 Å². The molecule has 2 aromatic carbocycles. The maximum absolute atomic E-state index is 12.4. The molecule has 0 fully saturated rings. The summed E-state index contributed by atoms with van der Waals surface area (Å²) in [5.74, 6) is -2.05. The number of carbonyl (C=O) groups is 3. The van der Waals surface area contributed by atoms with E-state index in [1.807, 2.05) is 0 Å². The summed E-state index contributed by atoms with van der Waals surface area (Å²) < 4.78 is 0.482. The van der Waals surface area contributed by atoms with Crippen LogP contribution >= 0.6 is 27.5 Å². The van der Waals surface area contributed by atoms with Gasteiger partial charge in [0.05, 0.1) is 5.69 Å². The van der Waals surface area contributed by atoms with E-state index in [9.17, 15) is 14.4 Å². The number of rotatable bonds is 5. The van der Waals surface area contributed by atoms with Crippen LogP contribution in [0.5, 0.6) is 0 Å². The average molecular weight is 397 g/mol. The molecule has 2 rings (SSSR count). The van der Waals surface area contributed by atoms with Crippen molar-refractivity contribution < 1.29 is 19.5 Å². The monoisotopic (exact) mass is 395 g/mol. The highest BCUT2D eigenvalue weighted by molar-refractivity contribution is 9.10. The van der Waals surface area contributed by atoms with E-state index in [2.05, 4.69) is 21.2 Å². The summed E-state index contributed by atoms with van der Waals surface area (Å²) in [6.07, 6.45) is -0.627. The first-order valence-electron chi connectivity index (χ1n) is 6.48. The van der Waals surface area contributed by atoms with E-state index in [0.29, 0.717) is 26.3 Å². The van der Waals surface area contributed by atoms with E-state index in [0.717, 1.165) is 0 Å². The van der Waals surface area contributed by atoms with Gasteiger partial charge in [-0.15, -0.1) is 0 Å². The van der Waals surface area contributed by atoms with Gasteiger partial charge in [0, 0.05) is 20.6 Å². The van der Waals surface area contributed by atoms with Gasteiger partial charge in [-0.1, -0.05) is 11.6 Å². The molecule has 0 aliphatic rings. The Kier molecular flexibility index (Phi) is 5.52. The molecule has 1 amide bonds. The maximum atomic E-state index is 12.4. The number of halogens is 2. The van der Waals surface area contributed by atoms with Gasteiger partial charge in [0.25, 0.3) is 0 Å².